The number of carboxylic acids is 1. The number of hydrogen-bond acceptors (Lipinski definition) is 4. The summed E-state index contributed by atoms with van der Waals surface area (Å²) in [5.74, 6) is -0.670. The summed E-state index contributed by atoms with van der Waals surface area (Å²) in [6.07, 6.45) is 3.08. The Morgan fingerprint density at radius 2 is 1.85 bits per heavy atom. The smallest absolute Gasteiger partial charge is 0.336 e. The van der Waals surface area contributed by atoms with E-state index in [0.29, 0.717) is 27.7 Å². The van der Waals surface area contributed by atoms with E-state index in [4.69, 9.17) is 4.42 Å². The van der Waals surface area contributed by atoms with Crippen molar-refractivity contribution in [3.8, 4) is 22.5 Å². The predicted octanol–water partition coefficient (Wildman–Crippen LogP) is 2.76. The molecule has 1 aromatic rings. The van der Waals surface area contributed by atoms with Crippen LogP contribution in [-0.2, 0) is 0 Å². The van der Waals surface area contributed by atoms with Crippen molar-refractivity contribution in [3.05, 3.63) is 80.7 Å². The van der Waals surface area contributed by atoms with Crippen LogP contribution in [0.4, 0.5) is 0 Å². The maximum absolute atomic E-state index is 11.7. The Balaban J connectivity index is 2.55. The van der Waals surface area contributed by atoms with Crippen LogP contribution in [0, 0.1) is 0 Å². The van der Waals surface area contributed by atoms with Gasteiger partial charge in [0.05, 0.1) is 11.3 Å². The van der Waals surface area contributed by atoms with Crippen molar-refractivity contribution in [2.75, 3.05) is 0 Å². The number of aliphatic hydroxyl groups is 1. The molecule has 1 aliphatic carbocycles. The second kappa shape index (κ2) is 6.72. The lowest BCUT2D eigenvalue weighted by Crippen LogP contribution is -2.28. The van der Waals surface area contributed by atoms with Crippen molar-refractivity contribution in [3.63, 3.8) is 0 Å². The molecule has 0 unspecified atom stereocenters. The molecule has 5 nitrogen and oxygen atoms in total. The first-order valence-corrected chi connectivity index (χ1v) is 7.84. The summed E-state index contributed by atoms with van der Waals surface area (Å²) in [5, 5.41) is 19.6. The highest BCUT2D eigenvalue weighted by atomic mass is 16.4. The third-order valence-corrected chi connectivity index (χ3v) is 3.94. The molecule has 0 saturated heterocycles. The molecule has 2 aliphatic rings. The van der Waals surface area contributed by atoms with Gasteiger partial charge in [0.1, 0.15) is 11.2 Å². The summed E-state index contributed by atoms with van der Waals surface area (Å²) in [5.41, 5.74) is 1.79. The van der Waals surface area contributed by atoms with Gasteiger partial charge in [0.15, 0.2) is 5.43 Å². The minimum Gasteiger partial charge on any atom is -0.513 e. The SMILES string of the molecule is C=c1oc2cc(=O)ccc-2c(-c2ccccc2C(=O)O)/c1=C/C=C(\C)O. The zero-order valence-corrected chi connectivity index (χ0v) is 14.0. The fraction of sp³-hybridized carbons (Fsp3) is 0.0476. The maximum atomic E-state index is 11.7. The molecule has 0 spiro atoms. The van der Waals surface area contributed by atoms with Crippen LogP contribution in [0.15, 0.2) is 63.5 Å². The number of fused-ring (bicyclic) bond motifs is 1. The van der Waals surface area contributed by atoms with Crippen molar-refractivity contribution >= 4 is 18.6 Å². The van der Waals surface area contributed by atoms with Crippen LogP contribution in [0.1, 0.15) is 17.3 Å². The van der Waals surface area contributed by atoms with Crippen molar-refractivity contribution in [1.82, 2.24) is 0 Å². The second-order valence-corrected chi connectivity index (χ2v) is 5.80. The molecule has 0 bridgehead atoms. The number of carbonyl (C=O) groups is 1. The van der Waals surface area contributed by atoms with E-state index in [1.807, 2.05) is 0 Å². The molecule has 0 amide bonds. The fourth-order valence-electron chi connectivity index (χ4n) is 2.82. The summed E-state index contributed by atoms with van der Waals surface area (Å²) < 4.78 is 5.67. The Labute approximate surface area is 148 Å². The molecular weight excluding hydrogens is 332 g/mol. The number of benzene rings is 2. The molecule has 1 aliphatic heterocycles. The highest BCUT2D eigenvalue weighted by Crippen LogP contribution is 2.31. The van der Waals surface area contributed by atoms with Gasteiger partial charge in [0.25, 0.3) is 0 Å². The van der Waals surface area contributed by atoms with Crippen LogP contribution in [0.2, 0.25) is 0 Å². The number of rotatable bonds is 3. The van der Waals surface area contributed by atoms with E-state index < -0.39 is 5.97 Å². The minimum absolute atomic E-state index is 0.0804. The topological polar surface area (TPSA) is 87.7 Å². The summed E-state index contributed by atoms with van der Waals surface area (Å²) in [6, 6.07) is 10.9. The van der Waals surface area contributed by atoms with Crippen LogP contribution in [0.3, 0.4) is 0 Å². The quantitative estimate of drug-likeness (QED) is 0.711. The Morgan fingerprint density at radius 1 is 1.12 bits per heavy atom. The lowest BCUT2D eigenvalue weighted by Gasteiger charge is -2.14. The second-order valence-electron chi connectivity index (χ2n) is 5.80. The largest absolute Gasteiger partial charge is 0.513 e. The van der Waals surface area contributed by atoms with Crippen LogP contribution >= 0.6 is 0 Å². The molecule has 1 heterocycles. The molecule has 2 N–H and O–H groups in total. The van der Waals surface area contributed by atoms with Gasteiger partial charge < -0.3 is 14.6 Å². The summed E-state index contributed by atoms with van der Waals surface area (Å²) in [6.45, 7) is 5.40. The van der Waals surface area contributed by atoms with Crippen molar-refractivity contribution in [2.45, 2.75) is 6.92 Å². The lowest BCUT2D eigenvalue weighted by molar-refractivity contribution is 0.0697. The first kappa shape index (κ1) is 17.2. The average molecular weight is 348 g/mol. The Morgan fingerprint density at radius 3 is 2.54 bits per heavy atom. The molecule has 3 rings (SSSR count). The average Bonchev–Trinajstić information content (AvgIpc) is 2.59. The van der Waals surface area contributed by atoms with Crippen molar-refractivity contribution in [2.24, 2.45) is 0 Å². The van der Waals surface area contributed by atoms with E-state index in [9.17, 15) is 19.8 Å². The van der Waals surface area contributed by atoms with Gasteiger partial charge in [-0.25, -0.2) is 4.79 Å². The number of allylic oxidation sites excluding steroid dienone is 2. The Kier molecular flexibility index (Phi) is 4.45. The maximum Gasteiger partial charge on any atom is 0.336 e. The van der Waals surface area contributed by atoms with Gasteiger partial charge in [0.2, 0.25) is 0 Å². The standard InChI is InChI=1S/C21H16O5/c1-12(22)7-9-15-13(2)26-19-11-14(23)8-10-18(19)20(15)16-5-3-4-6-17(16)21(24)25/h3-11,22H,2H2,1H3,(H,24,25)/b12-7+,15-9+. The molecule has 0 saturated carbocycles. The van der Waals surface area contributed by atoms with Crippen LogP contribution < -0.4 is 16.1 Å². The zero-order valence-electron chi connectivity index (χ0n) is 14.0. The number of hydrogen-bond donors (Lipinski definition) is 2. The lowest BCUT2D eigenvalue weighted by atomic mass is 9.92. The van der Waals surface area contributed by atoms with E-state index in [2.05, 4.69) is 6.58 Å². The molecule has 0 atom stereocenters. The fourth-order valence-corrected chi connectivity index (χ4v) is 2.82. The number of carboxylic acid groups (broad SMARTS) is 1. The molecule has 5 heteroatoms. The first-order valence-electron chi connectivity index (χ1n) is 7.84. The molecule has 1 aromatic carbocycles. The Hall–Kier alpha value is -3.60. The van der Waals surface area contributed by atoms with Crippen LogP contribution in [0.25, 0.3) is 35.1 Å². The third-order valence-electron chi connectivity index (χ3n) is 3.94. The third kappa shape index (κ3) is 3.15. The molecule has 0 fully saturated rings. The summed E-state index contributed by atoms with van der Waals surface area (Å²) in [4.78, 5) is 23.4. The number of aromatic carboxylic acids is 1. The van der Waals surface area contributed by atoms with E-state index in [1.165, 1.54) is 31.2 Å². The molecule has 26 heavy (non-hydrogen) atoms. The van der Waals surface area contributed by atoms with Crippen molar-refractivity contribution in [1.29, 1.82) is 0 Å². The first-order chi connectivity index (χ1) is 12.4. The normalized spacial score (nSPS) is 12.5. The van der Waals surface area contributed by atoms with Gasteiger partial charge in [-0.1, -0.05) is 24.8 Å². The number of aliphatic hydroxyl groups excluding tert-OH is 1. The van der Waals surface area contributed by atoms with Crippen LogP contribution in [0.5, 0.6) is 0 Å². The van der Waals surface area contributed by atoms with E-state index in [-0.39, 0.29) is 22.2 Å². The van der Waals surface area contributed by atoms with Crippen LogP contribution in [-0.4, -0.2) is 16.2 Å². The minimum atomic E-state index is -1.07. The van der Waals surface area contributed by atoms with Crippen molar-refractivity contribution < 1.29 is 19.4 Å². The highest BCUT2D eigenvalue weighted by Gasteiger charge is 2.19. The highest BCUT2D eigenvalue weighted by molar-refractivity contribution is 5.98. The van der Waals surface area contributed by atoms with E-state index >= 15 is 0 Å². The molecule has 0 radical (unpaired) electrons. The summed E-state index contributed by atoms with van der Waals surface area (Å²) in [7, 11) is 0. The summed E-state index contributed by atoms with van der Waals surface area (Å²) >= 11 is 0. The van der Waals surface area contributed by atoms with Gasteiger partial charge in [-0.3, -0.25) is 4.79 Å². The molecular formula is C21H16O5. The van der Waals surface area contributed by atoms with E-state index in [1.54, 1.807) is 30.3 Å². The predicted molar refractivity (Wildman–Crippen MR) is 99.6 cm³/mol. The Bertz CT molecular complexity index is 1160. The monoisotopic (exact) mass is 348 g/mol. The van der Waals surface area contributed by atoms with Gasteiger partial charge >= 0.3 is 5.97 Å². The van der Waals surface area contributed by atoms with Gasteiger partial charge in [-0.05, 0) is 42.8 Å². The van der Waals surface area contributed by atoms with E-state index in [0.717, 1.165) is 0 Å². The van der Waals surface area contributed by atoms with Gasteiger partial charge in [-0.2, -0.15) is 0 Å². The van der Waals surface area contributed by atoms with Gasteiger partial charge in [-0.15, -0.1) is 0 Å². The molecule has 0 aromatic heterocycles. The van der Waals surface area contributed by atoms with Gasteiger partial charge in [0, 0.05) is 22.4 Å². The zero-order chi connectivity index (χ0) is 18.8. The molecule has 130 valence electrons.